The molecule has 1 aliphatic carbocycles. The molecule has 114 valence electrons. The molecule has 2 fully saturated rings. The number of carbonyl (C=O) groups excluding carboxylic acids is 1. The Morgan fingerprint density at radius 3 is 2.48 bits per heavy atom. The molecule has 2 N–H and O–H groups in total. The highest BCUT2D eigenvalue weighted by molar-refractivity contribution is 5.80. The maximum absolute atomic E-state index is 13.8. The number of nitrogens with zero attached hydrogens (tertiary/aromatic N) is 2. The van der Waals surface area contributed by atoms with Crippen LogP contribution in [0.25, 0.3) is 0 Å². The number of hydrogen-bond acceptors (Lipinski definition) is 3. The summed E-state index contributed by atoms with van der Waals surface area (Å²) in [7, 11) is 0. The lowest BCUT2D eigenvalue weighted by atomic mass is 10.0. The van der Waals surface area contributed by atoms with Gasteiger partial charge in [0.2, 0.25) is 5.91 Å². The summed E-state index contributed by atoms with van der Waals surface area (Å²) in [5, 5.41) is 0. The highest BCUT2D eigenvalue weighted by atomic mass is 19.1. The van der Waals surface area contributed by atoms with Crippen molar-refractivity contribution in [2.45, 2.75) is 25.3 Å². The smallest absolute Gasteiger partial charge is 0.227 e. The Hall–Kier alpha value is -1.62. The fraction of sp³-hybridized carbons (Fsp3) is 0.562. The average molecular weight is 291 g/mol. The zero-order valence-corrected chi connectivity index (χ0v) is 12.2. The van der Waals surface area contributed by atoms with E-state index in [1.165, 1.54) is 6.07 Å². The van der Waals surface area contributed by atoms with Gasteiger partial charge in [-0.1, -0.05) is 18.6 Å². The third-order valence-electron chi connectivity index (χ3n) is 4.67. The van der Waals surface area contributed by atoms with Crippen molar-refractivity contribution in [3.05, 3.63) is 30.1 Å². The van der Waals surface area contributed by atoms with Crippen LogP contribution >= 0.6 is 0 Å². The quantitative estimate of drug-likeness (QED) is 0.900. The molecule has 4 nitrogen and oxygen atoms in total. The van der Waals surface area contributed by atoms with Crippen molar-refractivity contribution in [1.29, 1.82) is 0 Å². The van der Waals surface area contributed by atoms with Gasteiger partial charge in [0.05, 0.1) is 11.6 Å². The van der Waals surface area contributed by atoms with Crippen LogP contribution in [0.2, 0.25) is 0 Å². The summed E-state index contributed by atoms with van der Waals surface area (Å²) in [6.45, 7) is 2.65. The summed E-state index contributed by atoms with van der Waals surface area (Å²) in [6.07, 6.45) is 2.91. The Labute approximate surface area is 124 Å². The lowest BCUT2D eigenvalue weighted by Gasteiger charge is -2.37. The fourth-order valence-corrected chi connectivity index (χ4v) is 3.41. The summed E-state index contributed by atoms with van der Waals surface area (Å²) in [5.41, 5.74) is 6.64. The minimum Gasteiger partial charge on any atom is -0.366 e. The van der Waals surface area contributed by atoms with Crippen molar-refractivity contribution in [2.24, 2.45) is 11.7 Å². The molecule has 1 amide bonds. The predicted molar refractivity (Wildman–Crippen MR) is 80.5 cm³/mol. The molecule has 1 aromatic carbocycles. The van der Waals surface area contributed by atoms with E-state index < -0.39 is 0 Å². The normalized spacial score (nSPS) is 26.2. The van der Waals surface area contributed by atoms with E-state index >= 15 is 0 Å². The van der Waals surface area contributed by atoms with Crippen molar-refractivity contribution in [2.75, 3.05) is 31.1 Å². The van der Waals surface area contributed by atoms with Gasteiger partial charge in [-0.3, -0.25) is 4.79 Å². The van der Waals surface area contributed by atoms with Gasteiger partial charge >= 0.3 is 0 Å². The molecule has 1 aromatic rings. The molecule has 3 rings (SSSR count). The molecule has 1 saturated heterocycles. The van der Waals surface area contributed by atoms with Crippen molar-refractivity contribution in [3.63, 3.8) is 0 Å². The molecule has 5 heteroatoms. The Kier molecular flexibility index (Phi) is 4.10. The van der Waals surface area contributed by atoms with Crippen LogP contribution in [-0.4, -0.2) is 43.0 Å². The molecule has 0 bridgehead atoms. The highest BCUT2D eigenvalue weighted by Gasteiger charge is 2.34. The van der Waals surface area contributed by atoms with Gasteiger partial charge in [0, 0.05) is 32.2 Å². The molecule has 21 heavy (non-hydrogen) atoms. The van der Waals surface area contributed by atoms with Crippen LogP contribution in [0.4, 0.5) is 10.1 Å². The van der Waals surface area contributed by atoms with Gasteiger partial charge in [0.25, 0.3) is 0 Å². The Balaban J connectivity index is 1.60. The third kappa shape index (κ3) is 2.88. The van der Waals surface area contributed by atoms with Gasteiger partial charge in [-0.15, -0.1) is 0 Å². The molecule has 1 aliphatic heterocycles. The van der Waals surface area contributed by atoms with E-state index in [-0.39, 0.29) is 23.7 Å². The number of rotatable bonds is 2. The second-order valence-corrected chi connectivity index (χ2v) is 5.96. The molecule has 2 aliphatic rings. The molecule has 0 aromatic heterocycles. The zero-order chi connectivity index (χ0) is 14.8. The summed E-state index contributed by atoms with van der Waals surface area (Å²) in [4.78, 5) is 16.4. The van der Waals surface area contributed by atoms with Crippen LogP contribution in [0.15, 0.2) is 24.3 Å². The first-order chi connectivity index (χ1) is 10.2. The van der Waals surface area contributed by atoms with E-state index in [0.29, 0.717) is 31.9 Å². The summed E-state index contributed by atoms with van der Waals surface area (Å²) in [6, 6.07) is 6.82. The average Bonchev–Trinajstić information content (AvgIpc) is 2.93. The van der Waals surface area contributed by atoms with Crippen molar-refractivity contribution in [3.8, 4) is 0 Å². The lowest BCUT2D eigenvalue weighted by molar-refractivity contribution is -0.136. The molecule has 0 radical (unpaired) electrons. The minimum absolute atomic E-state index is 0.00925. The van der Waals surface area contributed by atoms with Crippen LogP contribution in [0.3, 0.4) is 0 Å². The van der Waals surface area contributed by atoms with E-state index in [0.717, 1.165) is 19.3 Å². The van der Waals surface area contributed by atoms with E-state index in [1.807, 2.05) is 15.9 Å². The topological polar surface area (TPSA) is 49.6 Å². The molecule has 1 heterocycles. The highest BCUT2D eigenvalue weighted by Crippen LogP contribution is 2.27. The number of hydrogen-bond donors (Lipinski definition) is 1. The van der Waals surface area contributed by atoms with Gasteiger partial charge in [-0.25, -0.2) is 4.39 Å². The maximum atomic E-state index is 13.8. The summed E-state index contributed by atoms with van der Waals surface area (Å²) < 4.78 is 13.8. The number of para-hydroxylation sites is 1. The van der Waals surface area contributed by atoms with E-state index in [4.69, 9.17) is 5.73 Å². The lowest BCUT2D eigenvalue weighted by Crippen LogP contribution is -2.52. The molecule has 2 atom stereocenters. The largest absolute Gasteiger partial charge is 0.366 e. The predicted octanol–water partition coefficient (Wildman–Crippen LogP) is 1.60. The molecular formula is C16H22FN3O. The minimum atomic E-state index is -0.199. The summed E-state index contributed by atoms with van der Waals surface area (Å²) in [5.74, 6) is -0.0201. The molecular weight excluding hydrogens is 269 g/mol. The first-order valence-electron chi connectivity index (χ1n) is 7.70. The van der Waals surface area contributed by atoms with E-state index in [1.54, 1.807) is 12.1 Å². The standard InChI is InChI=1S/C16H22FN3O/c17-13-5-1-2-7-15(13)19-8-10-20(11-9-19)16(21)12-4-3-6-14(12)18/h1-2,5,7,12,14H,3-4,6,8-11,18H2. The van der Waals surface area contributed by atoms with Gasteiger partial charge in [0.1, 0.15) is 5.82 Å². The number of nitrogens with two attached hydrogens (primary N) is 1. The van der Waals surface area contributed by atoms with Gasteiger partial charge in [-0.2, -0.15) is 0 Å². The number of benzene rings is 1. The Bertz CT molecular complexity index is 514. The van der Waals surface area contributed by atoms with Crippen LogP contribution in [-0.2, 0) is 4.79 Å². The number of halogens is 1. The molecule has 1 saturated carbocycles. The van der Waals surface area contributed by atoms with Crippen molar-refractivity contribution < 1.29 is 9.18 Å². The fourth-order valence-electron chi connectivity index (χ4n) is 3.41. The second-order valence-electron chi connectivity index (χ2n) is 5.96. The first-order valence-corrected chi connectivity index (χ1v) is 7.70. The van der Waals surface area contributed by atoms with Crippen molar-refractivity contribution in [1.82, 2.24) is 4.90 Å². The molecule has 2 unspecified atom stereocenters. The Morgan fingerprint density at radius 2 is 1.86 bits per heavy atom. The van der Waals surface area contributed by atoms with Crippen LogP contribution in [0.1, 0.15) is 19.3 Å². The van der Waals surface area contributed by atoms with E-state index in [2.05, 4.69) is 0 Å². The number of amides is 1. The number of anilines is 1. The Morgan fingerprint density at radius 1 is 1.14 bits per heavy atom. The second kappa shape index (κ2) is 6.02. The first kappa shape index (κ1) is 14.3. The van der Waals surface area contributed by atoms with E-state index in [9.17, 15) is 9.18 Å². The van der Waals surface area contributed by atoms with Crippen molar-refractivity contribution >= 4 is 11.6 Å². The van der Waals surface area contributed by atoms with Gasteiger partial charge in [0.15, 0.2) is 0 Å². The summed E-state index contributed by atoms with van der Waals surface area (Å²) >= 11 is 0. The number of piperazine rings is 1. The number of carbonyl (C=O) groups is 1. The van der Waals surface area contributed by atoms with Crippen LogP contribution in [0.5, 0.6) is 0 Å². The third-order valence-corrected chi connectivity index (χ3v) is 4.67. The van der Waals surface area contributed by atoms with Crippen LogP contribution < -0.4 is 10.6 Å². The van der Waals surface area contributed by atoms with Crippen LogP contribution in [0, 0.1) is 11.7 Å². The zero-order valence-electron chi connectivity index (χ0n) is 12.2. The van der Waals surface area contributed by atoms with Gasteiger partial charge in [-0.05, 0) is 25.0 Å². The monoisotopic (exact) mass is 291 g/mol. The maximum Gasteiger partial charge on any atom is 0.227 e. The SMILES string of the molecule is NC1CCCC1C(=O)N1CCN(c2ccccc2F)CC1. The van der Waals surface area contributed by atoms with Gasteiger partial charge < -0.3 is 15.5 Å². The molecule has 0 spiro atoms.